The Morgan fingerprint density at radius 1 is 1.03 bits per heavy atom. The van der Waals surface area contributed by atoms with Gasteiger partial charge in [0.2, 0.25) is 0 Å². The van der Waals surface area contributed by atoms with Crippen molar-refractivity contribution in [3.8, 4) is 11.3 Å². The normalized spacial score (nSPS) is 13.8. The molecule has 0 bridgehead atoms. The molecule has 0 atom stereocenters. The second kappa shape index (κ2) is 10.9. The van der Waals surface area contributed by atoms with Gasteiger partial charge < -0.3 is 15.5 Å². The van der Waals surface area contributed by atoms with Crippen molar-refractivity contribution in [3.63, 3.8) is 0 Å². The SMILES string of the molecule is C=C(c1ccc2c(Cl)cc(-c3ccc(F)c(CN)c3)nc2c1)N1CCN(C(=C)c2cn(CCC)nn2)CC1. The van der Waals surface area contributed by atoms with E-state index in [4.69, 9.17) is 22.3 Å². The Hall–Kier alpha value is -3.75. The number of fused-ring (bicyclic) bond motifs is 1. The first-order valence-corrected chi connectivity index (χ1v) is 13.1. The van der Waals surface area contributed by atoms with E-state index in [2.05, 4.69) is 40.2 Å². The minimum Gasteiger partial charge on any atom is -0.368 e. The van der Waals surface area contributed by atoms with Gasteiger partial charge in [0.15, 0.2) is 0 Å². The molecular formula is C29H31ClFN7. The zero-order chi connectivity index (χ0) is 26.8. The molecule has 3 heterocycles. The molecule has 4 aromatic rings. The molecule has 5 rings (SSSR count). The summed E-state index contributed by atoms with van der Waals surface area (Å²) in [6.07, 6.45) is 2.97. The van der Waals surface area contributed by atoms with E-state index in [9.17, 15) is 4.39 Å². The fraction of sp³-hybridized carbons (Fsp3) is 0.276. The van der Waals surface area contributed by atoms with E-state index in [1.807, 2.05) is 29.1 Å². The summed E-state index contributed by atoms with van der Waals surface area (Å²) in [7, 11) is 0. The monoisotopic (exact) mass is 531 g/mol. The Kier molecular flexibility index (Phi) is 7.44. The maximum Gasteiger partial charge on any atom is 0.128 e. The summed E-state index contributed by atoms with van der Waals surface area (Å²) in [5.74, 6) is -0.326. The van der Waals surface area contributed by atoms with Crippen molar-refractivity contribution < 1.29 is 4.39 Å². The van der Waals surface area contributed by atoms with Gasteiger partial charge in [-0.15, -0.1) is 5.10 Å². The minimum atomic E-state index is -0.326. The molecule has 0 unspecified atom stereocenters. The van der Waals surface area contributed by atoms with Crippen molar-refractivity contribution in [1.29, 1.82) is 0 Å². The lowest BCUT2D eigenvalue weighted by molar-refractivity contribution is 0.239. The van der Waals surface area contributed by atoms with Gasteiger partial charge in [0.25, 0.3) is 0 Å². The van der Waals surface area contributed by atoms with Gasteiger partial charge in [-0.3, -0.25) is 4.68 Å². The minimum absolute atomic E-state index is 0.116. The van der Waals surface area contributed by atoms with Crippen LogP contribution < -0.4 is 5.73 Å². The zero-order valence-electron chi connectivity index (χ0n) is 21.5. The molecule has 1 saturated heterocycles. The largest absolute Gasteiger partial charge is 0.368 e. The number of nitrogens with zero attached hydrogens (tertiary/aromatic N) is 6. The van der Waals surface area contributed by atoms with Crippen LogP contribution in [0.3, 0.4) is 0 Å². The zero-order valence-corrected chi connectivity index (χ0v) is 22.3. The predicted octanol–water partition coefficient (Wildman–Crippen LogP) is 5.41. The topological polar surface area (TPSA) is 76.1 Å². The van der Waals surface area contributed by atoms with Crippen molar-refractivity contribution in [2.24, 2.45) is 5.73 Å². The summed E-state index contributed by atoms with van der Waals surface area (Å²) in [4.78, 5) is 9.36. The molecule has 0 saturated carbocycles. The summed E-state index contributed by atoms with van der Waals surface area (Å²) in [5.41, 5.74) is 12.0. The van der Waals surface area contributed by atoms with Gasteiger partial charge in [0, 0.05) is 61.5 Å². The maximum absolute atomic E-state index is 14.0. The van der Waals surface area contributed by atoms with Gasteiger partial charge in [0.1, 0.15) is 11.5 Å². The number of nitrogens with two attached hydrogens (primary N) is 1. The molecule has 0 amide bonds. The Morgan fingerprint density at radius 2 is 1.76 bits per heavy atom. The summed E-state index contributed by atoms with van der Waals surface area (Å²) < 4.78 is 15.8. The first kappa shape index (κ1) is 25.9. The van der Waals surface area contributed by atoms with Crippen LogP contribution >= 0.6 is 11.6 Å². The summed E-state index contributed by atoms with van der Waals surface area (Å²) in [5, 5.41) is 9.92. The number of aryl methyl sites for hydroxylation is 1. The molecule has 1 aliphatic rings. The van der Waals surface area contributed by atoms with Gasteiger partial charge in [-0.1, -0.05) is 49.0 Å². The van der Waals surface area contributed by atoms with Crippen LogP contribution in [0.15, 0.2) is 61.8 Å². The lowest BCUT2D eigenvalue weighted by Gasteiger charge is -2.38. The molecule has 1 fully saturated rings. The number of hydrogen-bond donors (Lipinski definition) is 1. The van der Waals surface area contributed by atoms with E-state index >= 15 is 0 Å². The molecule has 2 aromatic carbocycles. The average molecular weight is 532 g/mol. The van der Waals surface area contributed by atoms with E-state index in [1.165, 1.54) is 6.07 Å². The van der Waals surface area contributed by atoms with Crippen LogP contribution in [0.5, 0.6) is 0 Å². The van der Waals surface area contributed by atoms with Crippen LogP contribution in [0.2, 0.25) is 5.02 Å². The number of aromatic nitrogens is 4. The fourth-order valence-corrected chi connectivity index (χ4v) is 5.03. The van der Waals surface area contributed by atoms with Gasteiger partial charge >= 0.3 is 0 Å². The van der Waals surface area contributed by atoms with E-state index in [0.717, 1.165) is 78.3 Å². The van der Waals surface area contributed by atoms with Crippen molar-refractivity contribution in [3.05, 3.63) is 89.5 Å². The quantitative estimate of drug-likeness (QED) is 0.327. The van der Waals surface area contributed by atoms with Crippen molar-refractivity contribution >= 4 is 33.9 Å². The maximum atomic E-state index is 14.0. The van der Waals surface area contributed by atoms with Crippen LogP contribution in [0, 0.1) is 5.82 Å². The summed E-state index contributed by atoms with van der Waals surface area (Å²) >= 11 is 6.62. The first-order chi connectivity index (χ1) is 18.4. The first-order valence-electron chi connectivity index (χ1n) is 12.8. The molecule has 38 heavy (non-hydrogen) atoms. The average Bonchev–Trinajstić information content (AvgIpc) is 3.41. The number of piperazine rings is 1. The molecule has 196 valence electrons. The van der Waals surface area contributed by atoms with Crippen molar-refractivity contribution in [2.75, 3.05) is 26.2 Å². The highest BCUT2D eigenvalue weighted by molar-refractivity contribution is 6.35. The van der Waals surface area contributed by atoms with Gasteiger partial charge in [-0.05, 0) is 42.3 Å². The standard InChI is InChI=1S/C29H31ClFN7/c1-4-9-38-18-29(34-35-38)20(3)37-12-10-36(11-13-37)19(2)21-5-7-24-25(30)16-27(33-28(24)15-21)22-6-8-26(31)23(14-22)17-32/h5-8,14-16,18H,2-4,9-13,17,32H2,1H3. The third kappa shape index (κ3) is 5.14. The van der Waals surface area contributed by atoms with Crippen LogP contribution in [0.25, 0.3) is 33.6 Å². The number of rotatable bonds is 8. The molecule has 0 spiro atoms. The van der Waals surface area contributed by atoms with Gasteiger partial charge in [-0.25, -0.2) is 9.37 Å². The van der Waals surface area contributed by atoms with Crippen LogP contribution in [-0.2, 0) is 13.1 Å². The van der Waals surface area contributed by atoms with E-state index < -0.39 is 0 Å². The second-order valence-corrected chi connectivity index (χ2v) is 9.87. The molecule has 2 aromatic heterocycles. The number of benzene rings is 2. The third-order valence-electron chi connectivity index (χ3n) is 6.98. The number of halogens is 2. The molecule has 0 radical (unpaired) electrons. The Morgan fingerprint density at radius 3 is 2.47 bits per heavy atom. The van der Waals surface area contributed by atoms with E-state index in [-0.39, 0.29) is 12.4 Å². The highest BCUT2D eigenvalue weighted by Gasteiger charge is 2.22. The second-order valence-electron chi connectivity index (χ2n) is 9.47. The van der Waals surface area contributed by atoms with Crippen LogP contribution in [-0.4, -0.2) is 56.0 Å². The third-order valence-corrected chi connectivity index (χ3v) is 7.30. The molecule has 1 aliphatic heterocycles. The predicted molar refractivity (Wildman–Crippen MR) is 152 cm³/mol. The molecular weight excluding hydrogens is 501 g/mol. The smallest absolute Gasteiger partial charge is 0.128 e. The number of pyridine rings is 1. The number of hydrogen-bond acceptors (Lipinski definition) is 6. The highest BCUT2D eigenvalue weighted by Crippen LogP contribution is 2.31. The Labute approximate surface area is 227 Å². The fourth-order valence-electron chi connectivity index (χ4n) is 4.76. The van der Waals surface area contributed by atoms with E-state index in [0.29, 0.717) is 16.3 Å². The Balaban J connectivity index is 1.32. The lowest BCUT2D eigenvalue weighted by atomic mass is 10.0. The lowest BCUT2D eigenvalue weighted by Crippen LogP contribution is -2.44. The molecule has 2 N–H and O–H groups in total. The van der Waals surface area contributed by atoms with Crippen LogP contribution in [0.4, 0.5) is 4.39 Å². The van der Waals surface area contributed by atoms with Crippen molar-refractivity contribution in [1.82, 2.24) is 29.8 Å². The molecule has 7 nitrogen and oxygen atoms in total. The highest BCUT2D eigenvalue weighted by atomic mass is 35.5. The van der Waals surface area contributed by atoms with Crippen molar-refractivity contribution in [2.45, 2.75) is 26.4 Å². The Bertz CT molecular complexity index is 1500. The van der Waals surface area contributed by atoms with Gasteiger partial charge in [-0.2, -0.15) is 0 Å². The van der Waals surface area contributed by atoms with E-state index in [1.54, 1.807) is 18.2 Å². The van der Waals surface area contributed by atoms with Gasteiger partial charge in [0.05, 0.1) is 28.1 Å². The summed E-state index contributed by atoms with van der Waals surface area (Å²) in [6.45, 7) is 15.0. The summed E-state index contributed by atoms with van der Waals surface area (Å²) in [6, 6.07) is 12.6. The molecule has 9 heteroatoms. The molecule has 0 aliphatic carbocycles. The van der Waals surface area contributed by atoms with Crippen LogP contribution in [0.1, 0.15) is 30.2 Å².